The molecule has 1 heterocycles. The highest BCUT2D eigenvalue weighted by Gasteiger charge is 2.31. The van der Waals surface area contributed by atoms with Crippen LogP contribution in [0.25, 0.3) is 0 Å². The molecule has 0 fully saturated rings. The van der Waals surface area contributed by atoms with E-state index in [-0.39, 0.29) is 5.75 Å². The van der Waals surface area contributed by atoms with Crippen LogP contribution in [0.4, 0.5) is 13.2 Å². The van der Waals surface area contributed by atoms with Crippen molar-refractivity contribution in [3.05, 3.63) is 41.2 Å². The summed E-state index contributed by atoms with van der Waals surface area (Å²) in [6.45, 7) is 1.71. The molecule has 0 spiro atoms. The molecule has 18 heavy (non-hydrogen) atoms. The van der Waals surface area contributed by atoms with Crippen LogP contribution in [0.5, 0.6) is 5.75 Å². The molecule has 0 aliphatic carbocycles. The van der Waals surface area contributed by atoms with E-state index >= 15 is 0 Å². The van der Waals surface area contributed by atoms with Gasteiger partial charge in [-0.15, -0.1) is 13.2 Å². The summed E-state index contributed by atoms with van der Waals surface area (Å²) in [5.74, 6) is -0.255. The predicted octanol–water partition coefficient (Wildman–Crippen LogP) is 2.87. The van der Waals surface area contributed by atoms with Gasteiger partial charge in [-0.05, 0) is 24.6 Å². The number of aryl methyl sites for hydroxylation is 1. The smallest absolute Gasteiger partial charge is 0.406 e. The number of nitrogens with zero attached hydrogens (tertiary/aromatic N) is 2. The van der Waals surface area contributed by atoms with E-state index in [0.29, 0.717) is 23.4 Å². The number of hydrogen-bond donors (Lipinski definition) is 0. The largest absolute Gasteiger partial charge is 0.573 e. The number of halogens is 3. The maximum atomic E-state index is 12.1. The van der Waals surface area contributed by atoms with Crippen LogP contribution in [-0.2, 0) is 6.42 Å². The van der Waals surface area contributed by atoms with Gasteiger partial charge in [0.05, 0.1) is 0 Å². The van der Waals surface area contributed by atoms with Gasteiger partial charge in [-0.2, -0.15) is 0 Å². The predicted molar refractivity (Wildman–Crippen MR) is 55.0 cm³/mol. The molecule has 0 bridgehead atoms. The summed E-state index contributed by atoms with van der Waals surface area (Å²) in [5, 5.41) is 7.26. The molecule has 0 saturated carbocycles. The molecule has 0 atom stereocenters. The Morgan fingerprint density at radius 3 is 2.67 bits per heavy atom. The number of hydrogen-bond acceptors (Lipinski definition) is 4. The van der Waals surface area contributed by atoms with Crippen LogP contribution >= 0.6 is 0 Å². The average molecular weight is 258 g/mol. The second-order valence-corrected chi connectivity index (χ2v) is 3.67. The molecular weight excluding hydrogens is 249 g/mol. The summed E-state index contributed by atoms with van der Waals surface area (Å²) in [7, 11) is 0. The Kier molecular flexibility index (Phi) is 3.22. The molecule has 7 heteroatoms. The van der Waals surface area contributed by atoms with E-state index in [1.807, 2.05) is 0 Å². The molecule has 2 aromatic rings. The number of ether oxygens (including phenoxy) is 1. The third-order valence-corrected chi connectivity index (χ3v) is 2.25. The minimum absolute atomic E-state index is 0.255. The summed E-state index contributed by atoms with van der Waals surface area (Å²) in [4.78, 5) is 0. The molecule has 0 unspecified atom stereocenters. The van der Waals surface area contributed by atoms with Crippen molar-refractivity contribution in [2.45, 2.75) is 19.7 Å². The molecule has 0 N–H and O–H groups in total. The van der Waals surface area contributed by atoms with E-state index in [9.17, 15) is 13.2 Å². The van der Waals surface area contributed by atoms with Crippen LogP contribution in [-0.4, -0.2) is 16.7 Å². The highest BCUT2D eigenvalue weighted by Crippen LogP contribution is 2.24. The first-order chi connectivity index (χ1) is 8.44. The van der Waals surface area contributed by atoms with Gasteiger partial charge in [-0.25, -0.2) is 4.63 Å². The molecule has 1 aromatic heterocycles. The monoisotopic (exact) mass is 258 g/mol. The maximum Gasteiger partial charge on any atom is 0.573 e. The highest BCUT2D eigenvalue weighted by atomic mass is 19.4. The fourth-order valence-corrected chi connectivity index (χ4v) is 1.46. The van der Waals surface area contributed by atoms with Crippen LogP contribution in [0.1, 0.15) is 17.0 Å². The molecule has 0 amide bonds. The Hall–Kier alpha value is -2.05. The fourth-order valence-electron chi connectivity index (χ4n) is 1.46. The molecule has 4 nitrogen and oxygen atoms in total. The van der Waals surface area contributed by atoms with Gasteiger partial charge in [0.15, 0.2) is 0 Å². The van der Waals surface area contributed by atoms with Gasteiger partial charge in [-0.3, -0.25) is 0 Å². The van der Waals surface area contributed by atoms with Crippen LogP contribution in [0.2, 0.25) is 0 Å². The van der Waals surface area contributed by atoms with Crippen molar-refractivity contribution in [3.8, 4) is 5.75 Å². The average Bonchev–Trinajstić information content (AvgIpc) is 2.62. The van der Waals surface area contributed by atoms with E-state index in [4.69, 9.17) is 0 Å². The standard InChI is InChI=1S/C11H9F3N2O2/c1-7-10(16-18-15-7)6-8-3-2-4-9(5-8)17-11(12,13)14/h2-5H,6H2,1H3. The molecule has 96 valence electrons. The van der Waals surface area contributed by atoms with Crippen molar-refractivity contribution in [1.82, 2.24) is 10.3 Å². The van der Waals surface area contributed by atoms with E-state index < -0.39 is 6.36 Å². The lowest BCUT2D eigenvalue weighted by molar-refractivity contribution is -0.274. The quantitative estimate of drug-likeness (QED) is 0.849. The van der Waals surface area contributed by atoms with Crippen molar-refractivity contribution in [2.24, 2.45) is 0 Å². The zero-order valence-electron chi connectivity index (χ0n) is 9.36. The van der Waals surface area contributed by atoms with Gasteiger partial charge < -0.3 is 4.74 Å². The number of benzene rings is 1. The van der Waals surface area contributed by atoms with Crippen molar-refractivity contribution in [2.75, 3.05) is 0 Å². The normalized spacial score (nSPS) is 11.6. The van der Waals surface area contributed by atoms with Gasteiger partial charge in [-0.1, -0.05) is 22.4 Å². The Morgan fingerprint density at radius 2 is 2.06 bits per heavy atom. The van der Waals surface area contributed by atoms with E-state index in [1.165, 1.54) is 18.2 Å². The van der Waals surface area contributed by atoms with E-state index in [1.54, 1.807) is 13.0 Å². The number of aromatic nitrogens is 2. The third-order valence-electron chi connectivity index (χ3n) is 2.25. The Labute approximate surface area is 100 Å². The van der Waals surface area contributed by atoms with Gasteiger partial charge in [0, 0.05) is 6.42 Å². The Bertz CT molecular complexity index is 537. The van der Waals surface area contributed by atoms with Crippen LogP contribution < -0.4 is 4.74 Å². The lowest BCUT2D eigenvalue weighted by Crippen LogP contribution is -2.17. The number of rotatable bonds is 3. The molecule has 0 aliphatic heterocycles. The van der Waals surface area contributed by atoms with Crippen molar-refractivity contribution >= 4 is 0 Å². The van der Waals surface area contributed by atoms with Gasteiger partial charge >= 0.3 is 6.36 Å². The maximum absolute atomic E-state index is 12.1. The van der Waals surface area contributed by atoms with E-state index in [0.717, 1.165) is 0 Å². The lowest BCUT2D eigenvalue weighted by atomic mass is 10.1. The van der Waals surface area contributed by atoms with E-state index in [2.05, 4.69) is 19.7 Å². The van der Waals surface area contributed by atoms with Crippen molar-refractivity contribution < 1.29 is 22.5 Å². The topological polar surface area (TPSA) is 48.2 Å². The zero-order valence-corrected chi connectivity index (χ0v) is 9.36. The van der Waals surface area contributed by atoms with Crippen LogP contribution in [0.3, 0.4) is 0 Å². The van der Waals surface area contributed by atoms with Crippen molar-refractivity contribution in [1.29, 1.82) is 0 Å². The summed E-state index contributed by atoms with van der Waals surface area (Å²) in [6, 6.07) is 5.71. The first-order valence-corrected chi connectivity index (χ1v) is 5.07. The minimum atomic E-state index is -4.69. The second-order valence-electron chi connectivity index (χ2n) is 3.67. The summed E-state index contributed by atoms with van der Waals surface area (Å²) < 4.78 is 44.5. The minimum Gasteiger partial charge on any atom is -0.406 e. The summed E-state index contributed by atoms with van der Waals surface area (Å²) in [5.41, 5.74) is 1.83. The molecule has 1 aromatic carbocycles. The molecule has 0 saturated heterocycles. The number of alkyl halides is 3. The first kappa shape index (κ1) is 12.4. The zero-order chi connectivity index (χ0) is 13.2. The fraction of sp³-hybridized carbons (Fsp3) is 0.273. The highest BCUT2D eigenvalue weighted by molar-refractivity contribution is 5.31. The van der Waals surface area contributed by atoms with Gasteiger partial charge in [0.25, 0.3) is 0 Å². The van der Waals surface area contributed by atoms with Crippen molar-refractivity contribution in [3.63, 3.8) is 0 Å². The third kappa shape index (κ3) is 3.22. The molecule has 0 radical (unpaired) electrons. The lowest BCUT2D eigenvalue weighted by Gasteiger charge is -2.09. The van der Waals surface area contributed by atoms with Gasteiger partial charge in [0.2, 0.25) is 0 Å². The first-order valence-electron chi connectivity index (χ1n) is 5.07. The molecule has 0 aliphatic rings. The summed E-state index contributed by atoms with van der Waals surface area (Å²) in [6.07, 6.45) is -4.35. The van der Waals surface area contributed by atoms with Gasteiger partial charge in [0.1, 0.15) is 17.1 Å². The molecule has 2 rings (SSSR count). The Morgan fingerprint density at radius 1 is 1.28 bits per heavy atom. The van der Waals surface area contributed by atoms with Crippen LogP contribution in [0, 0.1) is 6.92 Å². The molecular formula is C11H9F3N2O2. The summed E-state index contributed by atoms with van der Waals surface area (Å²) >= 11 is 0. The van der Waals surface area contributed by atoms with Crippen LogP contribution in [0.15, 0.2) is 28.9 Å². The Balaban J connectivity index is 2.15. The SMILES string of the molecule is Cc1nonc1Cc1cccc(OC(F)(F)F)c1. The second kappa shape index (κ2) is 4.67.